The number of hydrogen-bond donors (Lipinski definition) is 0. The van der Waals surface area contributed by atoms with Crippen LogP contribution < -0.4 is 0 Å². The largest absolute Gasteiger partial charge is 0.328 e. The average molecular weight is 200 g/mol. The Balaban J connectivity index is 3.99. The molecule has 84 valence electrons. The quantitative estimate of drug-likeness (QED) is 0.683. The Morgan fingerprint density at radius 2 is 1.64 bits per heavy atom. The monoisotopic (exact) mass is 200 g/mol. The van der Waals surface area contributed by atoms with Crippen molar-refractivity contribution >= 4 is 6.03 Å². The summed E-state index contributed by atoms with van der Waals surface area (Å²) in [5, 5.41) is 0. The fraction of sp³-hybridized carbons (Fsp3) is 0.909. The Kier molecular flexibility index (Phi) is 5.58. The highest BCUT2D eigenvalue weighted by molar-refractivity contribution is 5.74. The molecule has 0 rings (SSSR count). The van der Waals surface area contributed by atoms with E-state index in [9.17, 15) is 4.79 Å². The van der Waals surface area contributed by atoms with E-state index in [1.165, 1.54) is 0 Å². The van der Waals surface area contributed by atoms with Gasteiger partial charge in [-0.25, -0.2) is 4.79 Å². The van der Waals surface area contributed by atoms with E-state index >= 15 is 0 Å². The van der Waals surface area contributed by atoms with Crippen LogP contribution in [0.15, 0.2) is 0 Å². The molecule has 0 aromatic heterocycles. The predicted molar refractivity (Wildman–Crippen MR) is 60.4 cm³/mol. The molecule has 0 spiro atoms. The van der Waals surface area contributed by atoms with Crippen molar-refractivity contribution in [3.63, 3.8) is 0 Å². The normalized spacial score (nSPS) is 10.9. The topological polar surface area (TPSA) is 23.6 Å². The number of carbonyl (C=O) groups is 1. The van der Waals surface area contributed by atoms with Gasteiger partial charge in [-0.05, 0) is 26.2 Å². The molecule has 14 heavy (non-hydrogen) atoms. The van der Waals surface area contributed by atoms with Gasteiger partial charge in [0.25, 0.3) is 0 Å². The van der Waals surface area contributed by atoms with Gasteiger partial charge >= 0.3 is 6.03 Å². The number of hydrogen-bond acceptors (Lipinski definition) is 1. The smallest absolute Gasteiger partial charge is 0.319 e. The second kappa shape index (κ2) is 5.89. The summed E-state index contributed by atoms with van der Waals surface area (Å²) >= 11 is 0. The molecule has 3 nitrogen and oxygen atoms in total. The molecule has 0 saturated heterocycles. The Hall–Kier alpha value is -0.730. The number of carbonyl (C=O) groups excluding carboxylic acids is 1. The van der Waals surface area contributed by atoms with Crippen LogP contribution in [-0.2, 0) is 0 Å². The van der Waals surface area contributed by atoms with Crippen molar-refractivity contribution in [2.24, 2.45) is 5.92 Å². The lowest BCUT2D eigenvalue weighted by Crippen LogP contribution is -2.42. The zero-order valence-corrected chi connectivity index (χ0v) is 10.4. The predicted octanol–water partition coefficient (Wildman–Crippen LogP) is 2.42. The summed E-state index contributed by atoms with van der Waals surface area (Å²) in [6.07, 6.45) is 1.06. The van der Waals surface area contributed by atoms with E-state index in [4.69, 9.17) is 0 Å². The van der Waals surface area contributed by atoms with Gasteiger partial charge < -0.3 is 9.80 Å². The second-order valence-electron chi connectivity index (χ2n) is 4.59. The molecule has 0 atom stereocenters. The second-order valence-corrected chi connectivity index (χ2v) is 4.59. The minimum absolute atomic E-state index is 0.112. The molecule has 0 aliphatic rings. The molecule has 0 aromatic carbocycles. The van der Waals surface area contributed by atoms with Gasteiger partial charge in [0.15, 0.2) is 0 Å². The maximum atomic E-state index is 11.7. The summed E-state index contributed by atoms with van der Waals surface area (Å²) in [5.41, 5.74) is 0. The highest BCUT2D eigenvalue weighted by atomic mass is 16.2. The minimum atomic E-state index is 0.112. The number of amides is 2. The first-order valence-electron chi connectivity index (χ1n) is 5.34. The third-order valence-electron chi connectivity index (χ3n) is 2.44. The van der Waals surface area contributed by atoms with Gasteiger partial charge in [0, 0.05) is 26.7 Å². The van der Waals surface area contributed by atoms with Crippen LogP contribution >= 0.6 is 0 Å². The summed E-state index contributed by atoms with van der Waals surface area (Å²) in [4.78, 5) is 15.3. The average Bonchev–Trinajstić information content (AvgIpc) is 2.11. The van der Waals surface area contributed by atoms with E-state index in [2.05, 4.69) is 13.8 Å². The first-order valence-corrected chi connectivity index (χ1v) is 5.34. The number of rotatable bonds is 4. The van der Waals surface area contributed by atoms with E-state index in [1.807, 2.05) is 27.9 Å². The lowest BCUT2D eigenvalue weighted by molar-refractivity contribution is 0.160. The van der Waals surface area contributed by atoms with Crippen LogP contribution in [0.3, 0.4) is 0 Å². The Bertz CT molecular complexity index is 178. The Labute approximate surface area is 88.1 Å². The fourth-order valence-electron chi connectivity index (χ4n) is 1.04. The van der Waals surface area contributed by atoms with Crippen LogP contribution in [0.1, 0.15) is 34.1 Å². The first kappa shape index (κ1) is 13.3. The summed E-state index contributed by atoms with van der Waals surface area (Å²) in [7, 11) is 3.71. The van der Waals surface area contributed by atoms with Crippen molar-refractivity contribution in [2.75, 3.05) is 20.6 Å². The van der Waals surface area contributed by atoms with Crippen LogP contribution in [0.2, 0.25) is 0 Å². The summed E-state index contributed by atoms with van der Waals surface area (Å²) in [6.45, 7) is 9.23. The molecule has 0 saturated carbocycles. The summed E-state index contributed by atoms with van der Waals surface area (Å²) < 4.78 is 0. The lowest BCUT2D eigenvalue weighted by Gasteiger charge is -2.28. The van der Waals surface area contributed by atoms with Gasteiger partial charge in [0.2, 0.25) is 0 Å². The SMILES string of the molecule is CC(C)CCN(C)C(=O)N(C)C(C)C. The van der Waals surface area contributed by atoms with Crippen molar-refractivity contribution in [1.29, 1.82) is 0 Å². The van der Waals surface area contributed by atoms with E-state index in [1.54, 1.807) is 9.80 Å². The van der Waals surface area contributed by atoms with Crippen molar-refractivity contribution in [1.82, 2.24) is 9.80 Å². The van der Waals surface area contributed by atoms with Gasteiger partial charge in [0.1, 0.15) is 0 Å². The van der Waals surface area contributed by atoms with E-state index in [-0.39, 0.29) is 12.1 Å². The van der Waals surface area contributed by atoms with E-state index in [0.29, 0.717) is 5.92 Å². The molecule has 0 radical (unpaired) electrons. The van der Waals surface area contributed by atoms with Crippen LogP contribution in [0, 0.1) is 5.92 Å². The molecule has 3 heteroatoms. The molecule has 0 aliphatic heterocycles. The highest BCUT2D eigenvalue weighted by Crippen LogP contribution is 2.04. The zero-order chi connectivity index (χ0) is 11.3. The van der Waals surface area contributed by atoms with Crippen molar-refractivity contribution in [2.45, 2.75) is 40.2 Å². The van der Waals surface area contributed by atoms with E-state index in [0.717, 1.165) is 13.0 Å². The van der Waals surface area contributed by atoms with Gasteiger partial charge in [-0.1, -0.05) is 13.8 Å². The minimum Gasteiger partial charge on any atom is -0.328 e. The van der Waals surface area contributed by atoms with Crippen LogP contribution in [0.25, 0.3) is 0 Å². The lowest BCUT2D eigenvalue weighted by atomic mass is 10.1. The highest BCUT2D eigenvalue weighted by Gasteiger charge is 2.15. The molecule has 0 fully saturated rings. The standard InChI is InChI=1S/C11H24N2O/c1-9(2)7-8-12(5)11(14)13(6)10(3)4/h9-10H,7-8H2,1-6H3. The molecule has 0 aromatic rings. The van der Waals surface area contributed by atoms with E-state index < -0.39 is 0 Å². The molecule has 0 unspecified atom stereocenters. The number of urea groups is 1. The molecular weight excluding hydrogens is 176 g/mol. The van der Waals surface area contributed by atoms with Crippen molar-refractivity contribution in [3.8, 4) is 0 Å². The molecule has 0 heterocycles. The Morgan fingerprint density at radius 3 is 2.00 bits per heavy atom. The molecule has 0 bridgehead atoms. The maximum Gasteiger partial charge on any atom is 0.319 e. The van der Waals surface area contributed by atoms with Gasteiger partial charge in [-0.3, -0.25) is 0 Å². The molecule has 0 N–H and O–H groups in total. The van der Waals surface area contributed by atoms with Crippen molar-refractivity contribution < 1.29 is 4.79 Å². The molecule has 2 amide bonds. The zero-order valence-electron chi connectivity index (χ0n) is 10.4. The van der Waals surface area contributed by atoms with Gasteiger partial charge in [-0.2, -0.15) is 0 Å². The van der Waals surface area contributed by atoms with Crippen LogP contribution in [0.5, 0.6) is 0 Å². The van der Waals surface area contributed by atoms with Gasteiger partial charge in [0.05, 0.1) is 0 Å². The first-order chi connectivity index (χ1) is 6.36. The number of nitrogens with zero attached hydrogens (tertiary/aromatic N) is 2. The summed E-state index contributed by atoms with van der Waals surface area (Å²) in [6, 6.07) is 0.379. The fourth-order valence-corrected chi connectivity index (χ4v) is 1.04. The third-order valence-corrected chi connectivity index (χ3v) is 2.44. The maximum absolute atomic E-state index is 11.7. The van der Waals surface area contributed by atoms with Crippen LogP contribution in [0.4, 0.5) is 4.79 Å². The summed E-state index contributed by atoms with van der Waals surface area (Å²) in [5.74, 6) is 0.648. The Morgan fingerprint density at radius 1 is 1.14 bits per heavy atom. The molecule has 0 aliphatic carbocycles. The molecular formula is C11H24N2O. The van der Waals surface area contributed by atoms with Gasteiger partial charge in [-0.15, -0.1) is 0 Å². The van der Waals surface area contributed by atoms with Crippen LogP contribution in [-0.4, -0.2) is 42.5 Å². The van der Waals surface area contributed by atoms with Crippen molar-refractivity contribution in [3.05, 3.63) is 0 Å². The third kappa shape index (κ3) is 4.49.